The maximum Gasteiger partial charge on any atom is 0.184 e. The zero-order chi connectivity index (χ0) is 29.3. The number of benzene rings is 1. The molecular weight excluding hydrogens is 614 g/mol. The van der Waals surface area contributed by atoms with Crippen LogP contribution in [0.3, 0.4) is 0 Å². The number of thiazole rings is 1. The first kappa shape index (κ1) is 28.9. The molecule has 0 amide bonds. The molecule has 226 valence electrons. The minimum atomic E-state index is -0.568. The fourth-order valence-corrected chi connectivity index (χ4v) is 7.69. The molecule has 0 spiro atoms. The number of ether oxygens (including phenoxy) is 5. The van der Waals surface area contributed by atoms with Crippen LogP contribution >= 0.6 is 34.7 Å². The van der Waals surface area contributed by atoms with Gasteiger partial charge in [0.05, 0.1) is 35.9 Å². The lowest BCUT2D eigenvalue weighted by atomic mass is 9.95. The van der Waals surface area contributed by atoms with Gasteiger partial charge in [-0.2, -0.15) is 0 Å². The number of nitrogen functional groups attached to an aromatic ring is 1. The van der Waals surface area contributed by atoms with E-state index in [1.165, 1.54) is 23.1 Å². The summed E-state index contributed by atoms with van der Waals surface area (Å²) >= 11 is 9.31. The van der Waals surface area contributed by atoms with Gasteiger partial charge < -0.3 is 34.3 Å². The molecule has 6 atom stereocenters. The highest BCUT2D eigenvalue weighted by atomic mass is 35.5. The Kier molecular flexibility index (Phi) is 8.51. The van der Waals surface area contributed by atoms with Gasteiger partial charge in [-0.3, -0.25) is 0 Å². The van der Waals surface area contributed by atoms with Crippen molar-refractivity contribution >= 4 is 45.6 Å². The Bertz CT molecular complexity index is 1540. The molecule has 4 unspecified atom stereocenters. The summed E-state index contributed by atoms with van der Waals surface area (Å²) in [6, 6.07) is 11.4. The number of halogens is 1. The first-order chi connectivity index (χ1) is 21.1. The number of aromatic nitrogens is 5. The summed E-state index contributed by atoms with van der Waals surface area (Å²) in [5.74, 6) is 0.833. The van der Waals surface area contributed by atoms with Crippen LogP contribution < -0.4 is 10.6 Å². The van der Waals surface area contributed by atoms with Crippen LogP contribution in [0.15, 0.2) is 59.1 Å². The average Bonchev–Trinajstić information content (AvgIpc) is 3.70. The summed E-state index contributed by atoms with van der Waals surface area (Å²) in [6.45, 7) is 3.07. The molecule has 12 nitrogen and oxygen atoms in total. The largest absolute Gasteiger partial charge is 0.378 e. The number of fused-ring (bicyclic) bond motifs is 1. The molecule has 0 radical (unpaired) electrons. The standard InChI is InChI=1S/C28H30ClN7O5S2/c1-37-24-22(36-13-18(33-34-36)19-15-42-28(30)32-19)23-20(14-39-26(41-23)16-5-3-2-4-6-16)40-27(24)43-21-11-17(29)12-31-25(21)35-7-9-38-10-8-35/h2-6,11-13,15,20,22-24,26-27H,7-10,14H2,1H3,(H2,30,32)/t20?,22?,23-,24?,26?,27+/m0/s1. The van der Waals surface area contributed by atoms with Crippen LogP contribution in [0.2, 0.25) is 5.02 Å². The first-order valence-corrected chi connectivity index (χ1v) is 16.0. The fourth-order valence-electron chi connectivity index (χ4n) is 5.58. The van der Waals surface area contributed by atoms with Gasteiger partial charge >= 0.3 is 0 Å². The van der Waals surface area contributed by atoms with E-state index in [4.69, 9.17) is 41.0 Å². The molecule has 3 aliphatic rings. The van der Waals surface area contributed by atoms with Gasteiger partial charge in [-0.15, -0.1) is 16.4 Å². The Morgan fingerprint density at radius 1 is 1.14 bits per heavy atom. The summed E-state index contributed by atoms with van der Waals surface area (Å²) in [6.07, 6.45) is 1.60. The predicted octanol–water partition coefficient (Wildman–Crippen LogP) is 4.06. The van der Waals surface area contributed by atoms with Gasteiger partial charge in [-0.05, 0) is 6.07 Å². The second-order valence-electron chi connectivity index (χ2n) is 10.3. The van der Waals surface area contributed by atoms with Gasteiger partial charge in [-0.1, -0.05) is 58.9 Å². The third-order valence-corrected chi connectivity index (χ3v) is 9.65. The lowest BCUT2D eigenvalue weighted by Gasteiger charge is -2.48. The number of morpholine rings is 1. The van der Waals surface area contributed by atoms with Crippen molar-refractivity contribution in [1.29, 1.82) is 0 Å². The molecule has 3 saturated heterocycles. The van der Waals surface area contributed by atoms with Gasteiger partial charge in [0.1, 0.15) is 47.0 Å². The van der Waals surface area contributed by atoms with Gasteiger partial charge in [0.25, 0.3) is 0 Å². The number of hydrogen-bond acceptors (Lipinski definition) is 13. The number of methoxy groups -OCH3 is 1. The van der Waals surface area contributed by atoms with Crippen LogP contribution in [0, 0.1) is 0 Å². The number of nitrogens with zero attached hydrogens (tertiary/aromatic N) is 6. The summed E-state index contributed by atoms with van der Waals surface area (Å²) in [4.78, 5) is 12.2. The maximum absolute atomic E-state index is 6.70. The van der Waals surface area contributed by atoms with Gasteiger partial charge in [0, 0.05) is 37.3 Å². The molecule has 1 aromatic carbocycles. The molecule has 2 N–H and O–H groups in total. The number of anilines is 2. The van der Waals surface area contributed by atoms with E-state index in [-0.39, 0.29) is 0 Å². The van der Waals surface area contributed by atoms with E-state index < -0.39 is 36.1 Å². The second-order valence-corrected chi connectivity index (χ2v) is 12.7. The van der Waals surface area contributed by atoms with E-state index in [0.29, 0.717) is 41.4 Å². The van der Waals surface area contributed by atoms with Crippen molar-refractivity contribution in [2.24, 2.45) is 0 Å². The van der Waals surface area contributed by atoms with Gasteiger partial charge in [-0.25, -0.2) is 14.6 Å². The second kappa shape index (κ2) is 12.7. The van der Waals surface area contributed by atoms with Crippen LogP contribution in [-0.2, 0) is 23.7 Å². The van der Waals surface area contributed by atoms with Crippen LogP contribution in [0.5, 0.6) is 0 Å². The normalized spacial score (nSPS) is 27.6. The van der Waals surface area contributed by atoms with Crippen molar-refractivity contribution < 1.29 is 23.7 Å². The number of thioether (sulfide) groups is 1. The molecule has 0 saturated carbocycles. The number of nitrogens with two attached hydrogens (primary N) is 1. The first-order valence-electron chi connectivity index (χ1n) is 13.9. The van der Waals surface area contributed by atoms with Crippen molar-refractivity contribution in [3.63, 3.8) is 0 Å². The molecule has 3 aliphatic heterocycles. The maximum atomic E-state index is 6.70. The predicted molar refractivity (Wildman–Crippen MR) is 162 cm³/mol. The zero-order valence-electron chi connectivity index (χ0n) is 23.2. The monoisotopic (exact) mass is 643 g/mol. The van der Waals surface area contributed by atoms with Crippen molar-refractivity contribution in [3.8, 4) is 11.4 Å². The number of pyridine rings is 1. The van der Waals surface area contributed by atoms with Crippen molar-refractivity contribution in [2.75, 3.05) is 50.7 Å². The van der Waals surface area contributed by atoms with Crippen molar-refractivity contribution in [2.45, 2.75) is 41.0 Å². The van der Waals surface area contributed by atoms with Crippen molar-refractivity contribution in [1.82, 2.24) is 25.0 Å². The van der Waals surface area contributed by atoms with Crippen LogP contribution in [-0.4, -0.2) is 88.7 Å². The number of rotatable bonds is 7. The quantitative estimate of drug-likeness (QED) is 0.311. The minimum absolute atomic E-state index is 0.322. The summed E-state index contributed by atoms with van der Waals surface area (Å²) in [7, 11) is 1.67. The third-order valence-electron chi connectivity index (χ3n) is 7.61. The van der Waals surface area contributed by atoms with Gasteiger partial charge in [0.15, 0.2) is 11.4 Å². The molecule has 3 aromatic heterocycles. The highest BCUT2D eigenvalue weighted by Crippen LogP contribution is 2.46. The van der Waals surface area contributed by atoms with E-state index >= 15 is 0 Å². The molecule has 7 rings (SSSR count). The van der Waals surface area contributed by atoms with Crippen LogP contribution in [0.25, 0.3) is 11.4 Å². The molecule has 15 heteroatoms. The Hall–Kier alpha value is -2.82. The molecule has 3 fully saturated rings. The van der Waals surface area contributed by atoms with Crippen molar-refractivity contribution in [3.05, 3.63) is 64.8 Å². The lowest BCUT2D eigenvalue weighted by molar-refractivity contribution is -0.308. The Labute approximate surface area is 261 Å². The Morgan fingerprint density at radius 3 is 2.74 bits per heavy atom. The zero-order valence-corrected chi connectivity index (χ0v) is 25.6. The summed E-state index contributed by atoms with van der Waals surface area (Å²) in [5.41, 5.74) is 7.60. The third kappa shape index (κ3) is 5.98. The van der Waals surface area contributed by atoms with E-state index in [1.54, 1.807) is 18.0 Å². The smallest absolute Gasteiger partial charge is 0.184 e. The van der Waals surface area contributed by atoms with E-state index in [2.05, 4.69) is 25.2 Å². The average molecular weight is 644 g/mol. The minimum Gasteiger partial charge on any atom is -0.378 e. The molecule has 0 aliphatic carbocycles. The van der Waals surface area contributed by atoms with E-state index in [9.17, 15) is 0 Å². The SMILES string of the molecule is COC1C(n2cc(-c3csc(N)n3)nn2)[C@H]2OC(c3ccccc3)OCC2O[C@@H]1Sc1cc(Cl)cnc1N1CCOCC1. The fraction of sp³-hybridized carbons (Fsp3) is 0.429. The lowest BCUT2D eigenvalue weighted by Crippen LogP contribution is -2.59. The topological polar surface area (TPSA) is 132 Å². The summed E-state index contributed by atoms with van der Waals surface area (Å²) < 4.78 is 33.0. The summed E-state index contributed by atoms with van der Waals surface area (Å²) in [5, 5.41) is 11.8. The molecule has 4 aromatic rings. The number of hydrogen-bond donors (Lipinski definition) is 1. The van der Waals surface area contributed by atoms with E-state index in [1.807, 2.05) is 48.0 Å². The highest BCUT2D eigenvalue weighted by molar-refractivity contribution is 8.00. The molecule has 43 heavy (non-hydrogen) atoms. The molecule has 0 bridgehead atoms. The van der Waals surface area contributed by atoms with Gasteiger partial charge in [0.2, 0.25) is 0 Å². The molecule has 6 heterocycles. The van der Waals surface area contributed by atoms with Crippen LogP contribution in [0.1, 0.15) is 17.9 Å². The Morgan fingerprint density at radius 2 is 1.98 bits per heavy atom. The Balaban J connectivity index is 1.23. The van der Waals surface area contributed by atoms with Crippen LogP contribution in [0.4, 0.5) is 10.9 Å². The molecular formula is C28H30ClN7O5S2. The van der Waals surface area contributed by atoms with E-state index in [0.717, 1.165) is 29.4 Å². The highest BCUT2D eigenvalue weighted by Gasteiger charge is 2.52.